The number of benzene rings is 1. The van der Waals surface area contributed by atoms with Gasteiger partial charge in [0.2, 0.25) is 0 Å². The van der Waals surface area contributed by atoms with E-state index in [-0.39, 0.29) is 11.5 Å². The van der Waals surface area contributed by atoms with Gasteiger partial charge in [-0.3, -0.25) is 19.4 Å². The van der Waals surface area contributed by atoms with E-state index in [9.17, 15) is 18.0 Å². The highest BCUT2D eigenvalue weighted by molar-refractivity contribution is 6.03. The maximum atomic E-state index is 14.0. The Balaban J connectivity index is 1.54. The van der Waals surface area contributed by atoms with Crippen LogP contribution in [0.25, 0.3) is 5.57 Å². The summed E-state index contributed by atoms with van der Waals surface area (Å²) in [5.74, 6) is -2.78. The van der Waals surface area contributed by atoms with Gasteiger partial charge >= 0.3 is 0 Å². The second-order valence-corrected chi connectivity index (χ2v) is 7.74. The number of para-hydroxylation sites is 1. The van der Waals surface area contributed by atoms with Gasteiger partial charge in [-0.2, -0.15) is 5.10 Å². The smallest absolute Gasteiger partial charge is 0.276 e. The van der Waals surface area contributed by atoms with E-state index in [1.54, 1.807) is 30.1 Å². The van der Waals surface area contributed by atoms with Crippen molar-refractivity contribution >= 4 is 17.2 Å². The topological polar surface area (TPSA) is 63.1 Å². The molecule has 4 rings (SSSR count). The van der Waals surface area contributed by atoms with Crippen molar-refractivity contribution in [3.05, 3.63) is 82.7 Å². The third kappa shape index (κ3) is 4.43. The first-order valence-corrected chi connectivity index (χ1v) is 10.1. The van der Waals surface area contributed by atoms with Gasteiger partial charge in [0.05, 0.1) is 11.4 Å². The fourth-order valence-corrected chi connectivity index (χ4v) is 3.75. The molecule has 0 aliphatic carbocycles. The molecular formula is C23H22F3N5O. The Bertz CT molecular complexity index is 1180. The lowest BCUT2D eigenvalue weighted by Crippen LogP contribution is -2.31. The van der Waals surface area contributed by atoms with E-state index in [2.05, 4.69) is 20.3 Å². The number of hydrogen-bond acceptors (Lipinski definition) is 4. The van der Waals surface area contributed by atoms with Crippen LogP contribution in [0.1, 0.15) is 35.2 Å². The number of rotatable bonds is 5. The van der Waals surface area contributed by atoms with Gasteiger partial charge in [0.25, 0.3) is 5.91 Å². The molecule has 166 valence electrons. The van der Waals surface area contributed by atoms with E-state index in [0.717, 1.165) is 36.2 Å². The van der Waals surface area contributed by atoms with Gasteiger partial charge in [-0.05, 0) is 49.2 Å². The Morgan fingerprint density at radius 2 is 1.84 bits per heavy atom. The Morgan fingerprint density at radius 3 is 2.56 bits per heavy atom. The largest absolute Gasteiger partial charge is 0.316 e. The molecule has 9 heteroatoms. The fourth-order valence-electron chi connectivity index (χ4n) is 3.75. The summed E-state index contributed by atoms with van der Waals surface area (Å²) in [5, 5.41) is 6.49. The van der Waals surface area contributed by atoms with Crippen molar-refractivity contribution in [1.29, 1.82) is 0 Å². The zero-order valence-electron chi connectivity index (χ0n) is 17.7. The summed E-state index contributed by atoms with van der Waals surface area (Å²) in [7, 11) is 1.70. The molecule has 1 aliphatic rings. The molecule has 6 nitrogen and oxygen atoms in total. The molecule has 0 saturated heterocycles. The van der Waals surface area contributed by atoms with Crippen LogP contribution in [0.15, 0.2) is 48.2 Å². The van der Waals surface area contributed by atoms with Gasteiger partial charge in [-0.1, -0.05) is 11.6 Å². The number of amides is 1. The molecule has 0 fully saturated rings. The fraction of sp³-hybridized carbons (Fsp3) is 0.261. The van der Waals surface area contributed by atoms with Gasteiger partial charge in [0.1, 0.15) is 23.1 Å². The summed E-state index contributed by atoms with van der Waals surface area (Å²) in [5.41, 5.74) is 2.73. The number of carbonyl (C=O) groups is 1. The normalized spacial score (nSPS) is 14.7. The van der Waals surface area contributed by atoms with Crippen LogP contribution in [0.5, 0.6) is 0 Å². The first-order valence-electron chi connectivity index (χ1n) is 10.1. The number of carbonyl (C=O) groups excluding carboxylic acids is 1. The maximum Gasteiger partial charge on any atom is 0.276 e. The van der Waals surface area contributed by atoms with E-state index < -0.39 is 23.2 Å². The SMILES string of the molecule is CC1=C(c2cc(C(=O)Nc3c(F)cccc3F)nn2C)CN(Cc2ncccc2F)CC1. The quantitative estimate of drug-likeness (QED) is 0.646. The Hall–Kier alpha value is -3.46. The maximum absolute atomic E-state index is 14.0. The Morgan fingerprint density at radius 1 is 1.12 bits per heavy atom. The number of pyridine rings is 1. The number of aryl methyl sites for hydroxylation is 1. The molecule has 3 heterocycles. The van der Waals surface area contributed by atoms with Crippen LogP contribution >= 0.6 is 0 Å². The molecule has 1 N–H and O–H groups in total. The van der Waals surface area contributed by atoms with Crippen LogP contribution in [-0.4, -0.2) is 38.7 Å². The molecule has 1 amide bonds. The van der Waals surface area contributed by atoms with Crippen molar-refractivity contribution in [2.24, 2.45) is 7.05 Å². The molecule has 0 saturated carbocycles. The predicted octanol–water partition coefficient (Wildman–Crippen LogP) is 4.16. The van der Waals surface area contributed by atoms with Gasteiger partial charge in [0, 0.05) is 32.9 Å². The lowest BCUT2D eigenvalue weighted by Gasteiger charge is -2.29. The number of hydrogen-bond donors (Lipinski definition) is 1. The highest BCUT2D eigenvalue weighted by Crippen LogP contribution is 2.28. The first-order chi connectivity index (χ1) is 15.3. The third-order valence-electron chi connectivity index (χ3n) is 5.53. The third-order valence-corrected chi connectivity index (χ3v) is 5.53. The van der Waals surface area contributed by atoms with Gasteiger partial charge in [-0.25, -0.2) is 13.2 Å². The van der Waals surface area contributed by atoms with Crippen LogP contribution in [-0.2, 0) is 13.6 Å². The number of halogens is 3. The lowest BCUT2D eigenvalue weighted by molar-refractivity contribution is 0.102. The molecule has 0 atom stereocenters. The average molecular weight is 441 g/mol. The molecule has 2 aromatic heterocycles. The Labute approximate surface area is 183 Å². The Kier molecular flexibility index (Phi) is 6.09. The van der Waals surface area contributed by atoms with E-state index in [4.69, 9.17) is 0 Å². The van der Waals surface area contributed by atoms with Crippen molar-refractivity contribution in [2.75, 3.05) is 18.4 Å². The first kappa shape index (κ1) is 21.8. The summed E-state index contributed by atoms with van der Waals surface area (Å²) in [4.78, 5) is 18.8. The van der Waals surface area contributed by atoms with Crippen molar-refractivity contribution in [3.8, 4) is 0 Å². The van der Waals surface area contributed by atoms with Gasteiger partial charge in [0.15, 0.2) is 5.69 Å². The van der Waals surface area contributed by atoms with Crippen LogP contribution in [0.3, 0.4) is 0 Å². The minimum Gasteiger partial charge on any atom is -0.316 e. The number of anilines is 1. The van der Waals surface area contributed by atoms with Crippen molar-refractivity contribution in [2.45, 2.75) is 19.9 Å². The van der Waals surface area contributed by atoms with Gasteiger partial charge in [-0.15, -0.1) is 0 Å². The summed E-state index contributed by atoms with van der Waals surface area (Å²) < 4.78 is 43.3. The summed E-state index contributed by atoms with van der Waals surface area (Å²) >= 11 is 0. The molecule has 32 heavy (non-hydrogen) atoms. The van der Waals surface area contributed by atoms with Crippen LogP contribution in [0, 0.1) is 17.5 Å². The number of nitrogens with zero attached hydrogens (tertiary/aromatic N) is 4. The summed E-state index contributed by atoms with van der Waals surface area (Å²) in [6, 6.07) is 7.89. The number of aromatic nitrogens is 3. The lowest BCUT2D eigenvalue weighted by atomic mass is 9.98. The standard InChI is InChI=1S/C23H22F3N5O/c1-14-8-10-31(13-20-16(24)7-4-9-27-20)12-15(14)21-11-19(29-30(21)2)23(32)28-22-17(25)5-3-6-18(22)26/h3-7,9,11H,8,10,12-13H2,1-2H3,(H,28,32). The van der Waals surface area contributed by atoms with E-state index in [1.165, 1.54) is 12.1 Å². The van der Waals surface area contributed by atoms with E-state index >= 15 is 0 Å². The van der Waals surface area contributed by atoms with Gasteiger partial charge < -0.3 is 5.32 Å². The van der Waals surface area contributed by atoms with E-state index in [1.807, 2.05) is 6.92 Å². The molecular weight excluding hydrogens is 419 g/mol. The molecule has 0 bridgehead atoms. The van der Waals surface area contributed by atoms with Crippen LogP contribution < -0.4 is 5.32 Å². The molecule has 0 unspecified atom stereocenters. The zero-order valence-corrected chi connectivity index (χ0v) is 17.7. The monoisotopic (exact) mass is 441 g/mol. The average Bonchev–Trinajstić information content (AvgIpc) is 3.15. The molecule has 0 radical (unpaired) electrons. The zero-order chi connectivity index (χ0) is 22.8. The minimum atomic E-state index is -0.863. The number of nitrogens with one attached hydrogen (secondary N) is 1. The highest BCUT2D eigenvalue weighted by atomic mass is 19.1. The predicted molar refractivity (Wildman–Crippen MR) is 114 cm³/mol. The van der Waals surface area contributed by atoms with Crippen LogP contribution in [0.2, 0.25) is 0 Å². The second-order valence-electron chi connectivity index (χ2n) is 7.74. The second kappa shape index (κ2) is 8.96. The molecule has 1 aliphatic heterocycles. The van der Waals surface area contributed by atoms with Crippen molar-refractivity contribution in [3.63, 3.8) is 0 Å². The van der Waals surface area contributed by atoms with Crippen molar-refractivity contribution in [1.82, 2.24) is 19.7 Å². The molecule has 3 aromatic rings. The summed E-state index contributed by atoms with van der Waals surface area (Å²) in [6.45, 7) is 3.66. The molecule has 1 aromatic carbocycles. The van der Waals surface area contributed by atoms with E-state index in [0.29, 0.717) is 24.5 Å². The molecule has 0 spiro atoms. The summed E-state index contributed by atoms with van der Waals surface area (Å²) in [6.07, 6.45) is 2.34. The minimum absolute atomic E-state index is 0.0401. The van der Waals surface area contributed by atoms with Crippen LogP contribution in [0.4, 0.5) is 18.9 Å². The highest BCUT2D eigenvalue weighted by Gasteiger charge is 2.24. The van der Waals surface area contributed by atoms with Crippen molar-refractivity contribution < 1.29 is 18.0 Å².